The average molecular weight is 360 g/mol. The van der Waals surface area contributed by atoms with Crippen LogP contribution in [-0.4, -0.2) is 22.8 Å². The van der Waals surface area contributed by atoms with Crippen LogP contribution < -0.4 is 5.32 Å². The van der Waals surface area contributed by atoms with Gasteiger partial charge in [-0.15, -0.1) is 0 Å². The summed E-state index contributed by atoms with van der Waals surface area (Å²) in [5, 5.41) is 13.3. The van der Waals surface area contributed by atoms with E-state index in [2.05, 4.69) is 25.2 Å². The Morgan fingerprint density at radius 1 is 1.35 bits per heavy atom. The van der Waals surface area contributed by atoms with Gasteiger partial charge in [0.15, 0.2) is 0 Å². The monoisotopic (exact) mass is 359 g/mol. The van der Waals surface area contributed by atoms with Crippen LogP contribution in [0.4, 0.5) is 4.79 Å². The van der Waals surface area contributed by atoms with Crippen LogP contribution in [0.3, 0.4) is 0 Å². The number of nitrogens with one attached hydrogen (secondary N) is 1. The Morgan fingerprint density at radius 2 is 2.08 bits per heavy atom. The van der Waals surface area contributed by atoms with Crippen molar-refractivity contribution >= 4 is 6.09 Å². The standard InChI is InChI=1S/C22H33NO3/c1-14-7-6-10-22(5)18-13-17(24)9-8-15(18)12-16(11-14)19(22)23-20(25)26-21(2,3)4/h8-9,13-14,16,19,24H,6-7,10-12H2,1-5H3,(H,23,25)/t14-,16+,19+,22-/m1/s1. The molecule has 2 bridgehead atoms. The summed E-state index contributed by atoms with van der Waals surface area (Å²) in [7, 11) is 0. The van der Waals surface area contributed by atoms with Crippen LogP contribution in [0.25, 0.3) is 0 Å². The summed E-state index contributed by atoms with van der Waals surface area (Å²) in [5.41, 5.74) is 1.80. The lowest BCUT2D eigenvalue weighted by atomic mass is 9.58. The highest BCUT2D eigenvalue weighted by Gasteiger charge is 2.47. The number of phenols is 1. The third-order valence-electron chi connectivity index (χ3n) is 6.12. The number of benzene rings is 1. The van der Waals surface area contributed by atoms with E-state index in [1.54, 1.807) is 6.07 Å². The molecule has 26 heavy (non-hydrogen) atoms. The zero-order valence-corrected chi connectivity index (χ0v) is 16.8. The molecule has 2 aliphatic carbocycles. The van der Waals surface area contributed by atoms with Gasteiger partial charge in [0.05, 0.1) is 0 Å². The molecule has 0 spiro atoms. The van der Waals surface area contributed by atoms with Gasteiger partial charge in [0.2, 0.25) is 0 Å². The Hall–Kier alpha value is -1.71. The number of hydrogen-bond donors (Lipinski definition) is 2. The number of hydrogen-bond acceptors (Lipinski definition) is 3. The maximum Gasteiger partial charge on any atom is 0.407 e. The normalized spacial score (nSPS) is 31.3. The van der Waals surface area contributed by atoms with E-state index in [-0.39, 0.29) is 17.6 Å². The van der Waals surface area contributed by atoms with Crippen LogP contribution in [0, 0.1) is 11.8 Å². The molecular weight excluding hydrogens is 326 g/mol. The molecule has 4 atom stereocenters. The lowest BCUT2D eigenvalue weighted by Crippen LogP contribution is -2.57. The van der Waals surface area contributed by atoms with Crippen molar-refractivity contribution in [2.45, 2.75) is 83.8 Å². The summed E-state index contributed by atoms with van der Waals surface area (Å²) in [5.74, 6) is 1.35. The number of phenolic OH excluding ortho intramolecular Hbond substituents is 1. The predicted octanol–water partition coefficient (Wildman–Crippen LogP) is 4.93. The molecule has 2 aliphatic rings. The molecule has 1 amide bonds. The first kappa shape index (κ1) is 19.1. The van der Waals surface area contributed by atoms with Crippen LogP contribution >= 0.6 is 0 Å². The number of aromatic hydroxyl groups is 1. The lowest BCUT2D eigenvalue weighted by molar-refractivity contribution is 0.0405. The van der Waals surface area contributed by atoms with Crippen LogP contribution in [0.2, 0.25) is 0 Å². The number of rotatable bonds is 1. The Balaban J connectivity index is 1.98. The number of alkyl carbamates (subject to hydrolysis) is 1. The summed E-state index contributed by atoms with van der Waals surface area (Å²) in [6.45, 7) is 10.2. The number of carbonyl (C=O) groups is 1. The van der Waals surface area contributed by atoms with Crippen molar-refractivity contribution in [3.05, 3.63) is 29.3 Å². The first-order chi connectivity index (χ1) is 12.1. The van der Waals surface area contributed by atoms with Gasteiger partial charge < -0.3 is 15.2 Å². The van der Waals surface area contributed by atoms with Crippen molar-refractivity contribution < 1.29 is 14.6 Å². The summed E-state index contributed by atoms with van der Waals surface area (Å²) < 4.78 is 5.56. The quantitative estimate of drug-likeness (QED) is 0.748. The number of fused-ring (bicyclic) bond motifs is 4. The fourth-order valence-electron chi connectivity index (χ4n) is 5.04. The fraction of sp³-hybridized carbons (Fsp3) is 0.682. The van der Waals surface area contributed by atoms with Gasteiger partial charge >= 0.3 is 6.09 Å². The van der Waals surface area contributed by atoms with E-state index >= 15 is 0 Å². The smallest absolute Gasteiger partial charge is 0.407 e. The molecule has 4 heteroatoms. The number of amides is 1. The van der Waals surface area contributed by atoms with Gasteiger partial charge in [-0.2, -0.15) is 0 Å². The summed E-state index contributed by atoms with van der Waals surface area (Å²) in [6.07, 6.45) is 5.07. The molecule has 1 aromatic rings. The molecule has 3 rings (SSSR count). The molecule has 0 radical (unpaired) electrons. The van der Waals surface area contributed by atoms with E-state index < -0.39 is 5.60 Å². The molecule has 1 saturated carbocycles. The summed E-state index contributed by atoms with van der Waals surface area (Å²) in [6, 6.07) is 5.77. The van der Waals surface area contributed by atoms with Gasteiger partial charge in [-0.05, 0) is 75.1 Å². The lowest BCUT2D eigenvalue weighted by Gasteiger charge is -2.50. The van der Waals surface area contributed by atoms with Gasteiger partial charge in [-0.3, -0.25) is 0 Å². The van der Waals surface area contributed by atoms with Crippen molar-refractivity contribution in [1.29, 1.82) is 0 Å². The minimum Gasteiger partial charge on any atom is -0.508 e. The molecule has 1 aromatic carbocycles. The van der Waals surface area contributed by atoms with Crippen molar-refractivity contribution in [2.75, 3.05) is 0 Å². The number of ether oxygens (including phenoxy) is 1. The molecule has 0 saturated heterocycles. The van der Waals surface area contributed by atoms with Crippen molar-refractivity contribution in [2.24, 2.45) is 11.8 Å². The Bertz CT molecular complexity index is 678. The third-order valence-corrected chi connectivity index (χ3v) is 6.12. The minimum atomic E-state index is -0.509. The van der Waals surface area contributed by atoms with Gasteiger partial charge in [-0.25, -0.2) is 4.79 Å². The molecule has 0 aromatic heterocycles. The maximum atomic E-state index is 12.6. The zero-order chi connectivity index (χ0) is 19.1. The molecule has 144 valence electrons. The molecule has 0 heterocycles. The Morgan fingerprint density at radius 3 is 2.77 bits per heavy atom. The zero-order valence-electron chi connectivity index (χ0n) is 16.8. The molecule has 0 unspecified atom stereocenters. The summed E-state index contributed by atoms with van der Waals surface area (Å²) >= 11 is 0. The SMILES string of the molecule is C[C@@H]1CCC[C@]2(C)c3cc(O)ccc3C[C@H](C1)[C@@H]2NC(=O)OC(C)(C)C. The average Bonchev–Trinajstić information content (AvgIpc) is 2.50. The van der Waals surface area contributed by atoms with Crippen LogP contribution in [0.15, 0.2) is 18.2 Å². The highest BCUT2D eigenvalue weighted by atomic mass is 16.6. The van der Waals surface area contributed by atoms with Gasteiger partial charge in [0.25, 0.3) is 0 Å². The van der Waals surface area contributed by atoms with Gasteiger partial charge in [-0.1, -0.05) is 32.8 Å². The highest BCUT2D eigenvalue weighted by Crippen LogP contribution is 2.48. The van der Waals surface area contributed by atoms with Crippen molar-refractivity contribution in [1.82, 2.24) is 5.32 Å². The van der Waals surface area contributed by atoms with Gasteiger partial charge in [0, 0.05) is 11.5 Å². The van der Waals surface area contributed by atoms with Gasteiger partial charge in [0.1, 0.15) is 11.4 Å². The van der Waals surface area contributed by atoms with Crippen LogP contribution in [0.1, 0.15) is 71.4 Å². The first-order valence-electron chi connectivity index (χ1n) is 9.90. The van der Waals surface area contributed by atoms with Crippen molar-refractivity contribution in [3.63, 3.8) is 0 Å². The largest absolute Gasteiger partial charge is 0.508 e. The molecule has 4 nitrogen and oxygen atoms in total. The second kappa shape index (κ2) is 6.79. The van der Waals surface area contributed by atoms with E-state index in [1.165, 1.54) is 17.5 Å². The predicted molar refractivity (Wildman–Crippen MR) is 103 cm³/mol. The van der Waals surface area contributed by atoms with E-state index in [4.69, 9.17) is 4.74 Å². The topological polar surface area (TPSA) is 58.6 Å². The molecule has 2 N–H and O–H groups in total. The fourth-order valence-corrected chi connectivity index (χ4v) is 5.04. The number of carbonyl (C=O) groups excluding carboxylic acids is 1. The second-order valence-electron chi connectivity index (χ2n) is 9.58. The van der Waals surface area contributed by atoms with E-state index in [1.807, 2.05) is 26.8 Å². The third kappa shape index (κ3) is 3.84. The minimum absolute atomic E-state index is 0.0226. The van der Waals surface area contributed by atoms with Crippen LogP contribution in [0.5, 0.6) is 5.75 Å². The van der Waals surface area contributed by atoms with E-state index in [0.717, 1.165) is 25.7 Å². The molecule has 1 fully saturated rings. The van der Waals surface area contributed by atoms with Crippen molar-refractivity contribution in [3.8, 4) is 5.75 Å². The summed E-state index contributed by atoms with van der Waals surface area (Å²) in [4.78, 5) is 12.6. The Labute approximate surface area is 157 Å². The molecule has 0 aliphatic heterocycles. The maximum absolute atomic E-state index is 12.6. The van der Waals surface area contributed by atoms with Crippen LogP contribution in [-0.2, 0) is 16.6 Å². The van der Waals surface area contributed by atoms with E-state index in [0.29, 0.717) is 17.6 Å². The Kier molecular flexibility index (Phi) is 4.98. The second-order valence-corrected chi connectivity index (χ2v) is 9.58. The van der Waals surface area contributed by atoms with E-state index in [9.17, 15) is 9.90 Å². The molecular formula is C22H33NO3. The first-order valence-corrected chi connectivity index (χ1v) is 9.90. The highest BCUT2D eigenvalue weighted by molar-refractivity contribution is 5.69.